The van der Waals surface area contributed by atoms with Gasteiger partial charge in [-0.05, 0) is 12.1 Å². The first-order chi connectivity index (χ1) is 7.18. The van der Waals surface area contributed by atoms with Crippen LogP contribution in [0.5, 0.6) is 5.88 Å². The van der Waals surface area contributed by atoms with E-state index in [1.54, 1.807) is 6.07 Å². The summed E-state index contributed by atoms with van der Waals surface area (Å²) in [6.45, 7) is -0.504. The molecule has 78 valence electrons. The maximum atomic E-state index is 13.2. The first kappa shape index (κ1) is 9.45. The van der Waals surface area contributed by atoms with E-state index in [0.29, 0.717) is 5.39 Å². The van der Waals surface area contributed by atoms with Crippen molar-refractivity contribution >= 4 is 16.9 Å². The van der Waals surface area contributed by atoms with Crippen molar-refractivity contribution in [2.45, 2.75) is 0 Å². The molecule has 0 saturated carbocycles. The van der Waals surface area contributed by atoms with Gasteiger partial charge in [0, 0.05) is 0 Å². The third-order valence-electron chi connectivity index (χ3n) is 1.85. The molecule has 0 radical (unpaired) electrons. The third-order valence-corrected chi connectivity index (χ3v) is 1.85. The minimum atomic E-state index is -1.11. The monoisotopic (exact) mass is 210 g/mol. The van der Waals surface area contributed by atoms with Gasteiger partial charge in [0.2, 0.25) is 5.88 Å². The summed E-state index contributed by atoms with van der Waals surface area (Å²) in [6, 6.07) is 4.38. The summed E-state index contributed by atoms with van der Waals surface area (Å²) >= 11 is 0. The largest absolute Gasteiger partial charge is 0.479 e. The van der Waals surface area contributed by atoms with E-state index in [2.05, 4.69) is 10.2 Å². The number of carboxylic acids is 1. The van der Waals surface area contributed by atoms with Crippen molar-refractivity contribution in [3.05, 3.63) is 24.0 Å². The van der Waals surface area contributed by atoms with Crippen LogP contribution in [0, 0.1) is 5.82 Å². The zero-order valence-electron chi connectivity index (χ0n) is 7.53. The molecule has 0 spiro atoms. The molecule has 15 heavy (non-hydrogen) atoms. The summed E-state index contributed by atoms with van der Waals surface area (Å²) in [5, 5.41) is 14.9. The molecule has 0 saturated heterocycles. The number of nitrogens with zero attached hydrogens (tertiary/aromatic N) is 1. The number of rotatable bonds is 3. The highest BCUT2D eigenvalue weighted by atomic mass is 19.1. The van der Waals surface area contributed by atoms with E-state index in [1.807, 2.05) is 0 Å². The summed E-state index contributed by atoms with van der Waals surface area (Å²) in [4.78, 5) is 10.3. The van der Waals surface area contributed by atoms with Crippen molar-refractivity contribution in [1.29, 1.82) is 0 Å². The molecule has 2 aromatic rings. The number of carbonyl (C=O) groups is 1. The average molecular weight is 210 g/mol. The molecular weight excluding hydrogens is 203 g/mol. The molecule has 0 bridgehead atoms. The lowest BCUT2D eigenvalue weighted by atomic mass is 10.2. The molecule has 0 unspecified atom stereocenters. The SMILES string of the molecule is O=C(O)COc1n[nH]c2c(F)cccc12. The van der Waals surface area contributed by atoms with Crippen LogP contribution in [-0.2, 0) is 4.79 Å². The van der Waals surface area contributed by atoms with Gasteiger partial charge in [-0.3, -0.25) is 5.10 Å². The van der Waals surface area contributed by atoms with Gasteiger partial charge in [-0.2, -0.15) is 0 Å². The molecule has 6 heteroatoms. The highest BCUT2D eigenvalue weighted by Gasteiger charge is 2.10. The van der Waals surface area contributed by atoms with Crippen LogP contribution in [0.1, 0.15) is 0 Å². The van der Waals surface area contributed by atoms with Gasteiger partial charge in [0.25, 0.3) is 0 Å². The van der Waals surface area contributed by atoms with Crippen LogP contribution in [0.25, 0.3) is 10.9 Å². The maximum Gasteiger partial charge on any atom is 0.341 e. The quantitative estimate of drug-likeness (QED) is 0.797. The van der Waals surface area contributed by atoms with Crippen molar-refractivity contribution in [1.82, 2.24) is 10.2 Å². The van der Waals surface area contributed by atoms with Crippen LogP contribution < -0.4 is 4.74 Å². The number of aromatic amines is 1. The number of hydrogen-bond acceptors (Lipinski definition) is 3. The van der Waals surface area contributed by atoms with E-state index in [1.165, 1.54) is 12.1 Å². The Labute approximate surface area is 83.5 Å². The minimum Gasteiger partial charge on any atom is -0.479 e. The van der Waals surface area contributed by atoms with Crippen molar-refractivity contribution in [2.75, 3.05) is 6.61 Å². The summed E-state index contributed by atoms with van der Waals surface area (Å²) in [5.74, 6) is -1.47. The Balaban J connectivity index is 2.37. The highest BCUT2D eigenvalue weighted by Crippen LogP contribution is 2.23. The number of ether oxygens (including phenoxy) is 1. The number of aromatic nitrogens is 2. The molecule has 5 nitrogen and oxygen atoms in total. The molecule has 0 fully saturated rings. The summed E-state index contributed by atoms with van der Waals surface area (Å²) in [6.07, 6.45) is 0. The highest BCUT2D eigenvalue weighted by molar-refractivity contribution is 5.84. The van der Waals surface area contributed by atoms with Gasteiger partial charge in [-0.15, -0.1) is 5.10 Å². The number of H-pyrrole nitrogens is 1. The van der Waals surface area contributed by atoms with Gasteiger partial charge in [0.15, 0.2) is 6.61 Å². The number of fused-ring (bicyclic) bond motifs is 1. The van der Waals surface area contributed by atoms with E-state index in [0.717, 1.165) is 0 Å². The molecule has 1 aromatic heterocycles. The molecule has 1 heterocycles. The molecule has 0 amide bonds. The second kappa shape index (κ2) is 3.56. The lowest BCUT2D eigenvalue weighted by Gasteiger charge is -1.98. The number of carboxylic acid groups (broad SMARTS) is 1. The number of para-hydroxylation sites is 1. The number of nitrogens with one attached hydrogen (secondary N) is 1. The zero-order valence-corrected chi connectivity index (χ0v) is 7.53. The molecule has 2 rings (SSSR count). The van der Waals surface area contributed by atoms with E-state index in [-0.39, 0.29) is 11.4 Å². The number of aliphatic carboxylic acids is 1. The van der Waals surface area contributed by atoms with Crippen LogP contribution in [0.3, 0.4) is 0 Å². The smallest absolute Gasteiger partial charge is 0.341 e. The van der Waals surface area contributed by atoms with Crippen molar-refractivity contribution in [2.24, 2.45) is 0 Å². The topological polar surface area (TPSA) is 75.2 Å². The Kier molecular flexibility index (Phi) is 2.24. The van der Waals surface area contributed by atoms with E-state index >= 15 is 0 Å². The minimum absolute atomic E-state index is 0.0897. The van der Waals surface area contributed by atoms with Crippen molar-refractivity contribution in [3.8, 4) is 5.88 Å². The fourth-order valence-electron chi connectivity index (χ4n) is 1.22. The fraction of sp³-hybridized carbons (Fsp3) is 0.111. The first-order valence-electron chi connectivity index (χ1n) is 4.15. The van der Waals surface area contributed by atoms with Gasteiger partial charge in [0.1, 0.15) is 11.3 Å². The lowest BCUT2D eigenvalue weighted by Crippen LogP contribution is -2.09. The maximum absolute atomic E-state index is 13.2. The van der Waals surface area contributed by atoms with Crippen molar-refractivity contribution in [3.63, 3.8) is 0 Å². The average Bonchev–Trinajstić information content (AvgIpc) is 2.59. The number of halogens is 1. The Hall–Kier alpha value is -2.11. The molecule has 1 aromatic carbocycles. The van der Waals surface area contributed by atoms with Crippen LogP contribution in [0.4, 0.5) is 4.39 Å². The van der Waals surface area contributed by atoms with Crippen LogP contribution in [-0.4, -0.2) is 27.9 Å². The molecule has 0 aliphatic carbocycles. The van der Waals surface area contributed by atoms with E-state index in [9.17, 15) is 9.18 Å². The van der Waals surface area contributed by atoms with Gasteiger partial charge in [0.05, 0.1) is 5.39 Å². The van der Waals surface area contributed by atoms with Crippen molar-refractivity contribution < 1.29 is 19.0 Å². The normalized spacial score (nSPS) is 10.5. The molecule has 0 aliphatic heterocycles. The van der Waals surface area contributed by atoms with Gasteiger partial charge in [-0.25, -0.2) is 9.18 Å². The van der Waals surface area contributed by atoms with Crippen LogP contribution >= 0.6 is 0 Å². The lowest BCUT2D eigenvalue weighted by molar-refractivity contribution is -0.139. The molecule has 0 atom stereocenters. The Morgan fingerprint density at radius 3 is 3.13 bits per heavy atom. The van der Waals surface area contributed by atoms with Gasteiger partial charge >= 0.3 is 5.97 Å². The summed E-state index contributed by atoms with van der Waals surface area (Å²) in [7, 11) is 0. The van der Waals surface area contributed by atoms with Crippen LogP contribution in [0.15, 0.2) is 18.2 Å². The standard InChI is InChI=1S/C9H7FN2O3/c10-6-3-1-2-5-8(6)11-12-9(5)15-4-7(13)14/h1-3H,4H2,(H,11,12)(H,13,14). The van der Waals surface area contributed by atoms with E-state index < -0.39 is 18.4 Å². The Morgan fingerprint density at radius 1 is 1.60 bits per heavy atom. The van der Waals surface area contributed by atoms with Crippen LogP contribution in [0.2, 0.25) is 0 Å². The summed E-state index contributed by atoms with van der Waals surface area (Å²) < 4.78 is 18.0. The summed E-state index contributed by atoms with van der Waals surface area (Å²) in [5.41, 5.74) is 0.206. The van der Waals surface area contributed by atoms with Gasteiger partial charge < -0.3 is 9.84 Å². The Morgan fingerprint density at radius 2 is 2.40 bits per heavy atom. The zero-order chi connectivity index (χ0) is 10.8. The fourth-order valence-corrected chi connectivity index (χ4v) is 1.22. The van der Waals surface area contributed by atoms with Gasteiger partial charge in [-0.1, -0.05) is 6.07 Å². The molecular formula is C9H7FN2O3. The number of hydrogen-bond donors (Lipinski definition) is 2. The second-order valence-corrected chi connectivity index (χ2v) is 2.87. The number of benzene rings is 1. The second-order valence-electron chi connectivity index (χ2n) is 2.87. The molecule has 2 N–H and O–H groups in total. The third kappa shape index (κ3) is 1.74. The predicted octanol–water partition coefficient (Wildman–Crippen LogP) is 1.17. The van der Waals surface area contributed by atoms with E-state index in [4.69, 9.17) is 9.84 Å². The molecule has 0 aliphatic rings. The predicted molar refractivity (Wildman–Crippen MR) is 49.2 cm³/mol. The Bertz CT molecular complexity index is 509. The first-order valence-corrected chi connectivity index (χ1v) is 4.15.